The van der Waals surface area contributed by atoms with Crippen LogP contribution in [0.25, 0.3) is 0 Å². The SMILES string of the molecule is C#CCC1CCCC(CC#C)C1. The van der Waals surface area contributed by atoms with Crippen molar-refractivity contribution in [3.8, 4) is 24.7 Å². The van der Waals surface area contributed by atoms with Gasteiger partial charge in [0.2, 0.25) is 0 Å². The quantitative estimate of drug-likeness (QED) is 0.545. The van der Waals surface area contributed by atoms with Gasteiger partial charge in [-0.3, -0.25) is 0 Å². The van der Waals surface area contributed by atoms with E-state index in [-0.39, 0.29) is 0 Å². The van der Waals surface area contributed by atoms with Crippen LogP contribution >= 0.6 is 0 Å². The molecule has 1 rings (SSSR count). The van der Waals surface area contributed by atoms with Crippen LogP contribution in [0.4, 0.5) is 0 Å². The molecule has 12 heavy (non-hydrogen) atoms. The van der Waals surface area contributed by atoms with Gasteiger partial charge < -0.3 is 0 Å². The summed E-state index contributed by atoms with van der Waals surface area (Å²) in [5.41, 5.74) is 0. The van der Waals surface area contributed by atoms with Crippen LogP contribution < -0.4 is 0 Å². The van der Waals surface area contributed by atoms with Crippen LogP contribution in [0.15, 0.2) is 0 Å². The first-order valence-electron chi connectivity index (χ1n) is 4.73. The van der Waals surface area contributed by atoms with Crippen LogP contribution in [-0.4, -0.2) is 0 Å². The normalized spacial score (nSPS) is 28.8. The minimum atomic E-state index is 0.752. The van der Waals surface area contributed by atoms with Gasteiger partial charge >= 0.3 is 0 Å². The van der Waals surface area contributed by atoms with Gasteiger partial charge in [-0.2, -0.15) is 0 Å². The van der Waals surface area contributed by atoms with Crippen LogP contribution in [0.1, 0.15) is 38.5 Å². The van der Waals surface area contributed by atoms with Crippen molar-refractivity contribution in [2.45, 2.75) is 38.5 Å². The predicted molar refractivity (Wildman–Crippen MR) is 52.3 cm³/mol. The molecule has 2 atom stereocenters. The Morgan fingerprint density at radius 2 is 1.50 bits per heavy atom. The summed E-state index contributed by atoms with van der Waals surface area (Å²) < 4.78 is 0. The van der Waals surface area contributed by atoms with E-state index in [1.165, 1.54) is 25.7 Å². The molecule has 0 saturated heterocycles. The molecule has 0 bridgehead atoms. The first-order valence-corrected chi connectivity index (χ1v) is 4.73. The molecule has 0 spiro atoms. The topological polar surface area (TPSA) is 0 Å². The van der Waals surface area contributed by atoms with Gasteiger partial charge in [0.15, 0.2) is 0 Å². The molecule has 0 radical (unpaired) electrons. The molecule has 0 heteroatoms. The summed E-state index contributed by atoms with van der Waals surface area (Å²) in [4.78, 5) is 0. The zero-order valence-corrected chi connectivity index (χ0v) is 7.55. The number of hydrogen-bond donors (Lipinski definition) is 0. The third-order valence-electron chi connectivity index (χ3n) is 2.70. The molecule has 0 N–H and O–H groups in total. The predicted octanol–water partition coefficient (Wildman–Crippen LogP) is 2.84. The molecule has 2 unspecified atom stereocenters. The second-order valence-corrected chi connectivity index (χ2v) is 3.72. The van der Waals surface area contributed by atoms with Gasteiger partial charge in [-0.1, -0.05) is 6.42 Å². The van der Waals surface area contributed by atoms with Crippen LogP contribution in [-0.2, 0) is 0 Å². The fourth-order valence-electron chi connectivity index (χ4n) is 2.11. The van der Waals surface area contributed by atoms with Crippen LogP contribution in [0.2, 0.25) is 0 Å². The maximum absolute atomic E-state index is 5.29. The Morgan fingerprint density at radius 3 is 1.92 bits per heavy atom. The number of hydrogen-bond acceptors (Lipinski definition) is 0. The summed E-state index contributed by atoms with van der Waals surface area (Å²) in [7, 11) is 0. The van der Waals surface area contributed by atoms with Crippen LogP contribution in [0.5, 0.6) is 0 Å². The van der Waals surface area contributed by atoms with Gasteiger partial charge in [0, 0.05) is 12.8 Å². The molecule has 0 amide bonds. The van der Waals surface area contributed by atoms with Crippen molar-refractivity contribution >= 4 is 0 Å². The average molecular weight is 160 g/mol. The highest BCUT2D eigenvalue weighted by molar-refractivity contribution is 4.92. The number of rotatable bonds is 2. The largest absolute Gasteiger partial charge is 0.120 e. The minimum absolute atomic E-state index is 0.752. The van der Waals surface area contributed by atoms with Gasteiger partial charge in [0.25, 0.3) is 0 Å². The fourth-order valence-corrected chi connectivity index (χ4v) is 2.11. The minimum Gasteiger partial charge on any atom is -0.120 e. The lowest BCUT2D eigenvalue weighted by molar-refractivity contribution is 0.274. The van der Waals surface area contributed by atoms with Gasteiger partial charge in [0.1, 0.15) is 0 Å². The Kier molecular flexibility index (Phi) is 3.75. The highest BCUT2D eigenvalue weighted by Gasteiger charge is 2.20. The van der Waals surface area contributed by atoms with E-state index in [0.29, 0.717) is 0 Å². The molecule has 1 fully saturated rings. The first kappa shape index (κ1) is 9.21. The zero-order valence-electron chi connectivity index (χ0n) is 7.55. The van der Waals surface area contributed by atoms with Crippen molar-refractivity contribution in [2.24, 2.45) is 11.8 Å². The summed E-state index contributed by atoms with van der Waals surface area (Å²) in [6, 6.07) is 0. The number of terminal acetylenes is 2. The Bertz CT molecular complexity index is 179. The maximum atomic E-state index is 5.29. The summed E-state index contributed by atoms with van der Waals surface area (Å²) in [5.74, 6) is 7.00. The molecular weight excluding hydrogens is 144 g/mol. The molecule has 0 aromatic rings. The zero-order chi connectivity index (χ0) is 8.81. The standard InChI is InChI=1S/C12H16/c1-3-6-11-8-5-9-12(10-11)7-4-2/h1-2,11-12H,5-10H2. The lowest BCUT2D eigenvalue weighted by Gasteiger charge is -2.26. The molecule has 1 aliphatic rings. The highest BCUT2D eigenvalue weighted by Crippen LogP contribution is 2.32. The van der Waals surface area contributed by atoms with E-state index in [1.807, 2.05) is 0 Å². The van der Waals surface area contributed by atoms with Crippen LogP contribution in [0.3, 0.4) is 0 Å². The Morgan fingerprint density at radius 1 is 1.00 bits per heavy atom. The smallest absolute Gasteiger partial charge is 0.0114 e. The Hall–Kier alpha value is -0.880. The maximum Gasteiger partial charge on any atom is 0.0114 e. The lowest BCUT2D eigenvalue weighted by Crippen LogP contribution is -2.14. The van der Waals surface area contributed by atoms with Gasteiger partial charge in [0.05, 0.1) is 0 Å². The fraction of sp³-hybridized carbons (Fsp3) is 0.667. The third kappa shape index (κ3) is 2.63. The van der Waals surface area contributed by atoms with E-state index in [9.17, 15) is 0 Å². The summed E-state index contributed by atoms with van der Waals surface area (Å²) in [6.07, 6.45) is 17.7. The van der Waals surface area contributed by atoms with E-state index in [1.54, 1.807) is 0 Å². The molecule has 1 saturated carbocycles. The Balaban J connectivity index is 2.32. The van der Waals surface area contributed by atoms with Crippen molar-refractivity contribution in [2.75, 3.05) is 0 Å². The average Bonchev–Trinajstić information content (AvgIpc) is 2.06. The van der Waals surface area contributed by atoms with Gasteiger partial charge in [-0.05, 0) is 31.1 Å². The van der Waals surface area contributed by atoms with Crippen molar-refractivity contribution < 1.29 is 0 Å². The van der Waals surface area contributed by atoms with Crippen molar-refractivity contribution in [1.82, 2.24) is 0 Å². The molecular formula is C12H16. The van der Waals surface area contributed by atoms with Gasteiger partial charge in [-0.25, -0.2) is 0 Å². The highest BCUT2D eigenvalue weighted by atomic mass is 14.2. The van der Waals surface area contributed by atoms with Crippen molar-refractivity contribution in [3.63, 3.8) is 0 Å². The van der Waals surface area contributed by atoms with E-state index < -0.39 is 0 Å². The summed E-state index contributed by atoms with van der Waals surface area (Å²) in [6.45, 7) is 0. The summed E-state index contributed by atoms with van der Waals surface area (Å²) in [5, 5.41) is 0. The van der Waals surface area contributed by atoms with E-state index >= 15 is 0 Å². The van der Waals surface area contributed by atoms with Crippen molar-refractivity contribution in [3.05, 3.63) is 0 Å². The van der Waals surface area contributed by atoms with E-state index in [4.69, 9.17) is 12.8 Å². The molecule has 64 valence electrons. The molecule has 0 aliphatic heterocycles. The second-order valence-electron chi connectivity index (χ2n) is 3.72. The first-order chi connectivity index (χ1) is 5.86. The van der Waals surface area contributed by atoms with Crippen molar-refractivity contribution in [1.29, 1.82) is 0 Å². The summed E-state index contributed by atoms with van der Waals surface area (Å²) >= 11 is 0. The lowest BCUT2D eigenvalue weighted by atomic mass is 9.79. The molecule has 0 aromatic heterocycles. The monoisotopic (exact) mass is 160 g/mol. The molecule has 0 heterocycles. The molecule has 0 nitrogen and oxygen atoms in total. The molecule has 1 aliphatic carbocycles. The van der Waals surface area contributed by atoms with Crippen LogP contribution in [0, 0.1) is 36.5 Å². The van der Waals surface area contributed by atoms with E-state index in [0.717, 1.165) is 24.7 Å². The second kappa shape index (κ2) is 4.89. The molecule has 0 aromatic carbocycles. The Labute approximate surface area is 75.7 Å². The van der Waals surface area contributed by atoms with Gasteiger partial charge in [-0.15, -0.1) is 24.7 Å². The third-order valence-corrected chi connectivity index (χ3v) is 2.70. The van der Waals surface area contributed by atoms with E-state index in [2.05, 4.69) is 11.8 Å².